The minimum absolute atomic E-state index is 0.462. The lowest BCUT2D eigenvalue weighted by Crippen LogP contribution is -2.34. The van der Waals surface area contributed by atoms with Crippen LogP contribution in [0.5, 0.6) is 11.5 Å². The van der Waals surface area contributed by atoms with E-state index in [0.29, 0.717) is 42.6 Å². The maximum atomic E-state index is 14.6. The summed E-state index contributed by atoms with van der Waals surface area (Å²) in [6, 6.07) is 9.64. The summed E-state index contributed by atoms with van der Waals surface area (Å²) in [5, 5.41) is 3.28. The van der Waals surface area contributed by atoms with Gasteiger partial charge in [0.25, 0.3) is 0 Å². The maximum absolute atomic E-state index is 14.6. The molecule has 6 rings (SSSR count). The van der Waals surface area contributed by atoms with Crippen LogP contribution >= 0.6 is 0 Å². The summed E-state index contributed by atoms with van der Waals surface area (Å²) in [6.45, 7) is 3.75. The number of aromatic nitrogens is 2. The lowest BCUT2D eigenvalue weighted by Gasteiger charge is -2.36. The Morgan fingerprint density at radius 3 is 2.76 bits per heavy atom. The summed E-state index contributed by atoms with van der Waals surface area (Å²) < 4.78 is 26.3. The Hall–Kier alpha value is -3.71. The SMILES string of the molecule is Cc1cnc(F)c(-c2ccc3c(c2)[C@@]2(C=C(N)NC2)c2cc(C4=CCOCC4)ncc2O3)c1. The number of nitrogens with one attached hydrogen (secondary N) is 1. The van der Waals surface area contributed by atoms with Crippen LogP contribution in [-0.4, -0.2) is 29.7 Å². The van der Waals surface area contributed by atoms with E-state index in [1.165, 1.54) is 6.20 Å². The van der Waals surface area contributed by atoms with Crippen molar-refractivity contribution in [2.75, 3.05) is 19.8 Å². The zero-order chi connectivity index (χ0) is 22.6. The second-order valence-corrected chi connectivity index (χ2v) is 8.71. The molecule has 0 radical (unpaired) electrons. The second kappa shape index (κ2) is 7.42. The number of hydrogen-bond acceptors (Lipinski definition) is 6. The Balaban J connectivity index is 1.54. The first-order valence-electron chi connectivity index (χ1n) is 11.0. The van der Waals surface area contributed by atoms with Gasteiger partial charge in [-0.25, -0.2) is 4.98 Å². The highest BCUT2D eigenvalue weighted by Gasteiger charge is 2.44. The van der Waals surface area contributed by atoms with E-state index in [2.05, 4.69) is 27.4 Å². The molecule has 3 aromatic rings. The largest absolute Gasteiger partial charge is 0.455 e. The van der Waals surface area contributed by atoms with Crippen molar-refractivity contribution in [1.82, 2.24) is 15.3 Å². The van der Waals surface area contributed by atoms with Gasteiger partial charge in [-0.2, -0.15) is 4.39 Å². The molecule has 7 heteroatoms. The van der Waals surface area contributed by atoms with E-state index in [4.69, 9.17) is 15.2 Å². The average Bonchev–Trinajstić information content (AvgIpc) is 3.23. The molecule has 0 amide bonds. The molecule has 3 N–H and O–H groups in total. The number of nitrogens with two attached hydrogens (primary N) is 1. The smallest absolute Gasteiger partial charge is 0.220 e. The van der Waals surface area contributed by atoms with Crippen LogP contribution in [0.4, 0.5) is 4.39 Å². The lowest BCUT2D eigenvalue weighted by atomic mass is 9.72. The quantitative estimate of drug-likeness (QED) is 0.579. The van der Waals surface area contributed by atoms with Gasteiger partial charge in [0.15, 0.2) is 0 Å². The summed E-state index contributed by atoms with van der Waals surface area (Å²) in [7, 11) is 0. The molecule has 0 saturated carbocycles. The van der Waals surface area contributed by atoms with Crippen molar-refractivity contribution in [3.63, 3.8) is 0 Å². The Kier molecular flexibility index (Phi) is 4.48. The Morgan fingerprint density at radius 2 is 1.97 bits per heavy atom. The molecule has 1 atom stereocenters. The van der Waals surface area contributed by atoms with E-state index in [-0.39, 0.29) is 0 Å². The molecule has 0 unspecified atom stereocenters. The fourth-order valence-electron chi connectivity index (χ4n) is 4.92. The Morgan fingerprint density at radius 1 is 1.09 bits per heavy atom. The number of pyridine rings is 2. The second-order valence-electron chi connectivity index (χ2n) is 8.71. The highest BCUT2D eigenvalue weighted by molar-refractivity contribution is 5.72. The van der Waals surface area contributed by atoms with Crippen LogP contribution in [0.15, 0.2) is 60.7 Å². The monoisotopic (exact) mass is 442 g/mol. The number of rotatable bonds is 2. The number of nitrogens with zero attached hydrogens (tertiary/aromatic N) is 2. The summed E-state index contributed by atoms with van der Waals surface area (Å²) in [6.07, 6.45) is 8.24. The number of aryl methyl sites for hydroxylation is 1. The molecule has 5 heterocycles. The van der Waals surface area contributed by atoms with E-state index in [1.54, 1.807) is 6.20 Å². The number of benzene rings is 1. The van der Waals surface area contributed by atoms with Crippen LogP contribution < -0.4 is 15.8 Å². The number of hydrogen-bond donors (Lipinski definition) is 2. The zero-order valence-corrected chi connectivity index (χ0v) is 18.2. The van der Waals surface area contributed by atoms with E-state index < -0.39 is 11.4 Å². The molecule has 3 aliphatic heterocycles. The van der Waals surface area contributed by atoms with E-state index in [0.717, 1.165) is 39.9 Å². The lowest BCUT2D eigenvalue weighted by molar-refractivity contribution is 0.161. The topological polar surface area (TPSA) is 82.3 Å². The summed E-state index contributed by atoms with van der Waals surface area (Å²) in [5.41, 5.74) is 11.8. The number of ether oxygens (including phenoxy) is 2. The Bertz CT molecular complexity index is 1350. The van der Waals surface area contributed by atoms with Gasteiger partial charge in [0, 0.05) is 29.4 Å². The van der Waals surface area contributed by atoms with Crippen molar-refractivity contribution in [3.8, 4) is 22.6 Å². The normalized spacial score (nSPS) is 20.9. The first-order chi connectivity index (χ1) is 16.0. The highest BCUT2D eigenvalue weighted by atomic mass is 19.1. The standard InChI is InChI=1S/C26H23FN4O2/c1-15-8-18(25(27)30-12-15)17-2-3-22-19(9-17)26(11-24(28)31-14-26)20-10-21(29-13-23(20)33-22)16-4-6-32-7-5-16/h2-4,8-13,31H,5-7,14,28H2,1H3/t26-/m0/s1. The van der Waals surface area contributed by atoms with Gasteiger partial charge in [0.1, 0.15) is 11.5 Å². The van der Waals surface area contributed by atoms with Crippen LogP contribution in [0.1, 0.15) is 28.8 Å². The Labute approximate surface area is 191 Å². The first kappa shape index (κ1) is 19.9. The van der Waals surface area contributed by atoms with Crippen LogP contribution in [0.2, 0.25) is 0 Å². The minimum Gasteiger partial charge on any atom is -0.455 e. The van der Waals surface area contributed by atoms with Crippen molar-refractivity contribution in [1.29, 1.82) is 0 Å². The van der Waals surface area contributed by atoms with Crippen LogP contribution in [0, 0.1) is 12.9 Å². The minimum atomic E-state index is -0.555. The van der Waals surface area contributed by atoms with Crippen LogP contribution in [0.25, 0.3) is 16.7 Å². The van der Waals surface area contributed by atoms with Gasteiger partial charge in [0.05, 0.1) is 36.3 Å². The molecule has 0 aliphatic carbocycles. The fraction of sp³-hybridized carbons (Fsp3) is 0.231. The number of halogens is 1. The van der Waals surface area contributed by atoms with Crippen molar-refractivity contribution in [2.45, 2.75) is 18.8 Å². The van der Waals surface area contributed by atoms with Gasteiger partial charge in [-0.3, -0.25) is 4.98 Å². The molecule has 0 bridgehead atoms. The summed E-state index contributed by atoms with van der Waals surface area (Å²) in [5.74, 6) is 1.51. The molecular weight excluding hydrogens is 419 g/mol. The molecule has 0 saturated heterocycles. The van der Waals surface area contributed by atoms with Gasteiger partial charge in [-0.15, -0.1) is 0 Å². The van der Waals surface area contributed by atoms with Crippen molar-refractivity contribution < 1.29 is 13.9 Å². The van der Waals surface area contributed by atoms with Crippen molar-refractivity contribution in [3.05, 3.63) is 89.0 Å². The van der Waals surface area contributed by atoms with Gasteiger partial charge >= 0.3 is 0 Å². The predicted molar refractivity (Wildman–Crippen MR) is 123 cm³/mol. The molecule has 6 nitrogen and oxygen atoms in total. The molecule has 1 aromatic carbocycles. The summed E-state index contributed by atoms with van der Waals surface area (Å²) >= 11 is 0. The zero-order valence-electron chi connectivity index (χ0n) is 18.2. The molecule has 0 fully saturated rings. The molecule has 33 heavy (non-hydrogen) atoms. The molecule has 1 spiro atoms. The fourth-order valence-corrected chi connectivity index (χ4v) is 4.92. The molecule has 2 aromatic heterocycles. The van der Waals surface area contributed by atoms with Gasteiger partial charge in [-0.05, 0) is 60.4 Å². The molecule has 166 valence electrons. The van der Waals surface area contributed by atoms with Crippen LogP contribution in [-0.2, 0) is 10.2 Å². The van der Waals surface area contributed by atoms with E-state index >= 15 is 0 Å². The van der Waals surface area contributed by atoms with E-state index in [9.17, 15) is 4.39 Å². The van der Waals surface area contributed by atoms with Gasteiger partial charge < -0.3 is 20.5 Å². The number of fused-ring (bicyclic) bond motifs is 4. The van der Waals surface area contributed by atoms with Crippen molar-refractivity contribution in [2.24, 2.45) is 5.73 Å². The molecular formula is C26H23FN4O2. The average molecular weight is 442 g/mol. The van der Waals surface area contributed by atoms with Crippen molar-refractivity contribution >= 4 is 5.57 Å². The van der Waals surface area contributed by atoms with E-state index in [1.807, 2.05) is 37.3 Å². The highest BCUT2D eigenvalue weighted by Crippen LogP contribution is 2.51. The third-order valence-corrected chi connectivity index (χ3v) is 6.58. The van der Waals surface area contributed by atoms with Gasteiger partial charge in [-0.1, -0.05) is 12.1 Å². The first-order valence-corrected chi connectivity index (χ1v) is 11.0. The maximum Gasteiger partial charge on any atom is 0.220 e. The third-order valence-electron chi connectivity index (χ3n) is 6.58. The predicted octanol–water partition coefficient (Wildman–Crippen LogP) is 4.19. The summed E-state index contributed by atoms with van der Waals surface area (Å²) in [4.78, 5) is 8.57. The third kappa shape index (κ3) is 3.19. The van der Waals surface area contributed by atoms with Crippen LogP contribution in [0.3, 0.4) is 0 Å². The van der Waals surface area contributed by atoms with Gasteiger partial charge in [0.2, 0.25) is 5.95 Å². The molecule has 3 aliphatic rings.